The Morgan fingerprint density at radius 1 is 1.08 bits per heavy atom. The van der Waals surface area contributed by atoms with Crippen molar-refractivity contribution in [3.05, 3.63) is 60.3 Å². The van der Waals surface area contributed by atoms with Crippen LogP contribution in [0.2, 0.25) is 0 Å². The molecule has 1 unspecified atom stereocenters. The minimum absolute atomic E-state index is 0.0833. The van der Waals surface area contributed by atoms with Gasteiger partial charge in [0.1, 0.15) is 28.5 Å². The predicted molar refractivity (Wildman–Crippen MR) is 145 cm³/mol. The maximum atomic E-state index is 13.7. The standard InChI is InChI=1S/C28H34N4O5S/c1-18-16-28(5,6)32(17-18)26-24(25(29)33)21(14-15-30-26)38(34,35)23-9-7-8-22(31-23)36-19-10-12-20(13-11-19)37-27(2,3)4/h7-15,18H,16-17H2,1-6H3,(H2,29,33). The molecule has 1 atom stereocenters. The molecule has 1 aromatic carbocycles. The largest absolute Gasteiger partial charge is 0.488 e. The molecule has 0 saturated carbocycles. The van der Waals surface area contributed by atoms with Gasteiger partial charge >= 0.3 is 0 Å². The second kappa shape index (κ2) is 9.90. The van der Waals surface area contributed by atoms with Crippen LogP contribution >= 0.6 is 0 Å². The van der Waals surface area contributed by atoms with Gasteiger partial charge in [-0.1, -0.05) is 13.0 Å². The third-order valence-corrected chi connectivity index (χ3v) is 7.90. The minimum Gasteiger partial charge on any atom is -0.488 e. The van der Waals surface area contributed by atoms with Crippen molar-refractivity contribution in [3.8, 4) is 17.4 Å². The first-order chi connectivity index (χ1) is 17.7. The number of pyridine rings is 2. The molecule has 202 valence electrons. The molecule has 1 aliphatic heterocycles. The number of nitrogens with zero attached hydrogens (tertiary/aromatic N) is 3. The average Bonchev–Trinajstić information content (AvgIpc) is 3.10. The summed E-state index contributed by atoms with van der Waals surface area (Å²) in [5, 5.41) is -0.267. The topological polar surface area (TPSA) is 125 Å². The number of hydrogen-bond acceptors (Lipinski definition) is 8. The van der Waals surface area contributed by atoms with E-state index in [0.29, 0.717) is 24.0 Å². The number of carbonyl (C=O) groups is 1. The molecule has 38 heavy (non-hydrogen) atoms. The number of rotatable bonds is 7. The lowest BCUT2D eigenvalue weighted by atomic mass is 9.97. The first-order valence-corrected chi connectivity index (χ1v) is 13.9. The molecule has 10 heteroatoms. The van der Waals surface area contributed by atoms with Crippen molar-refractivity contribution in [1.29, 1.82) is 0 Å². The van der Waals surface area contributed by atoms with E-state index in [-0.39, 0.29) is 38.3 Å². The Bertz CT molecular complexity index is 1450. The van der Waals surface area contributed by atoms with Gasteiger partial charge in [-0.15, -0.1) is 0 Å². The highest BCUT2D eigenvalue weighted by atomic mass is 32.2. The third kappa shape index (κ3) is 5.75. The van der Waals surface area contributed by atoms with Gasteiger partial charge in [-0.05, 0) is 83.4 Å². The maximum Gasteiger partial charge on any atom is 0.253 e. The molecule has 0 bridgehead atoms. The fourth-order valence-electron chi connectivity index (χ4n) is 4.82. The highest BCUT2D eigenvalue weighted by molar-refractivity contribution is 7.91. The number of ether oxygens (including phenoxy) is 2. The lowest BCUT2D eigenvalue weighted by molar-refractivity contribution is 0.0997. The summed E-state index contributed by atoms with van der Waals surface area (Å²) in [6.45, 7) is 12.7. The molecule has 1 fully saturated rings. The lowest BCUT2D eigenvalue weighted by Gasteiger charge is -2.33. The number of hydrogen-bond donors (Lipinski definition) is 1. The summed E-state index contributed by atoms with van der Waals surface area (Å²) in [6, 6.07) is 12.7. The number of nitrogens with two attached hydrogens (primary N) is 1. The number of anilines is 1. The summed E-state index contributed by atoms with van der Waals surface area (Å²) in [5.41, 5.74) is 4.93. The Balaban J connectivity index is 1.68. The van der Waals surface area contributed by atoms with E-state index in [9.17, 15) is 13.2 Å². The van der Waals surface area contributed by atoms with Crippen molar-refractivity contribution < 1.29 is 22.7 Å². The van der Waals surface area contributed by atoms with Crippen LogP contribution in [-0.4, -0.2) is 42.0 Å². The summed E-state index contributed by atoms with van der Waals surface area (Å²) in [4.78, 5) is 23.0. The highest BCUT2D eigenvalue weighted by Crippen LogP contribution is 2.39. The molecule has 2 N–H and O–H groups in total. The second-order valence-electron chi connectivity index (χ2n) is 11.2. The third-order valence-electron chi connectivity index (χ3n) is 6.20. The van der Waals surface area contributed by atoms with Gasteiger partial charge < -0.3 is 20.1 Å². The van der Waals surface area contributed by atoms with Crippen LogP contribution in [0.25, 0.3) is 0 Å². The lowest BCUT2D eigenvalue weighted by Crippen LogP contribution is -2.40. The summed E-state index contributed by atoms with van der Waals surface area (Å²) in [5.74, 6) is 0.960. The van der Waals surface area contributed by atoms with Crippen molar-refractivity contribution in [2.45, 2.75) is 69.0 Å². The van der Waals surface area contributed by atoms with Crippen LogP contribution in [0.15, 0.2) is 64.6 Å². The first kappa shape index (κ1) is 27.4. The molecule has 0 aliphatic carbocycles. The normalized spacial score (nSPS) is 17.3. The van der Waals surface area contributed by atoms with Crippen LogP contribution in [-0.2, 0) is 9.84 Å². The zero-order valence-corrected chi connectivity index (χ0v) is 23.4. The fourth-order valence-corrected chi connectivity index (χ4v) is 6.21. The van der Waals surface area contributed by atoms with E-state index >= 15 is 0 Å². The van der Waals surface area contributed by atoms with E-state index in [1.807, 2.05) is 39.5 Å². The second-order valence-corrected chi connectivity index (χ2v) is 13.1. The van der Waals surface area contributed by atoms with Crippen LogP contribution in [0.1, 0.15) is 58.3 Å². The molecule has 1 aliphatic rings. The highest BCUT2D eigenvalue weighted by Gasteiger charge is 2.40. The van der Waals surface area contributed by atoms with Crippen LogP contribution in [0.4, 0.5) is 5.82 Å². The van der Waals surface area contributed by atoms with E-state index in [1.54, 1.807) is 30.3 Å². The summed E-state index contributed by atoms with van der Waals surface area (Å²) in [6.07, 6.45) is 2.25. The number of sulfone groups is 1. The minimum atomic E-state index is -4.24. The Kier molecular flexibility index (Phi) is 7.13. The van der Waals surface area contributed by atoms with E-state index in [0.717, 1.165) is 6.42 Å². The Morgan fingerprint density at radius 3 is 2.32 bits per heavy atom. The van der Waals surface area contributed by atoms with E-state index in [1.165, 1.54) is 24.4 Å². The maximum absolute atomic E-state index is 13.7. The number of aromatic nitrogens is 2. The van der Waals surface area contributed by atoms with Crippen LogP contribution in [0.3, 0.4) is 0 Å². The first-order valence-electron chi connectivity index (χ1n) is 12.4. The monoisotopic (exact) mass is 538 g/mol. The molecule has 3 heterocycles. The Morgan fingerprint density at radius 2 is 1.74 bits per heavy atom. The van der Waals surface area contributed by atoms with E-state index < -0.39 is 15.7 Å². The van der Waals surface area contributed by atoms with Gasteiger partial charge in [0.05, 0.1) is 4.90 Å². The van der Waals surface area contributed by atoms with Crippen LogP contribution in [0.5, 0.6) is 17.4 Å². The number of benzene rings is 1. The molecule has 0 radical (unpaired) electrons. The molecule has 3 aromatic rings. The van der Waals surface area contributed by atoms with Crippen LogP contribution in [0, 0.1) is 5.92 Å². The quantitative estimate of drug-likeness (QED) is 0.445. The van der Waals surface area contributed by atoms with Crippen molar-refractivity contribution >= 4 is 21.6 Å². The van der Waals surface area contributed by atoms with Gasteiger partial charge in [0.15, 0.2) is 5.03 Å². The zero-order valence-electron chi connectivity index (χ0n) is 22.6. The summed E-state index contributed by atoms with van der Waals surface area (Å²) in [7, 11) is -4.24. The summed E-state index contributed by atoms with van der Waals surface area (Å²) >= 11 is 0. The van der Waals surface area contributed by atoms with Gasteiger partial charge in [0, 0.05) is 24.3 Å². The van der Waals surface area contributed by atoms with Crippen molar-refractivity contribution in [3.63, 3.8) is 0 Å². The predicted octanol–water partition coefficient (Wildman–Crippen LogP) is 5.00. The van der Waals surface area contributed by atoms with Gasteiger partial charge in [-0.2, -0.15) is 0 Å². The van der Waals surface area contributed by atoms with Gasteiger partial charge in [0.25, 0.3) is 5.91 Å². The molecule has 4 rings (SSSR count). The number of primary amides is 1. The zero-order chi connectivity index (χ0) is 27.9. The molecule has 9 nitrogen and oxygen atoms in total. The molecule has 2 aromatic heterocycles. The number of amides is 1. The average molecular weight is 539 g/mol. The SMILES string of the molecule is CC1CN(c2nccc(S(=O)(=O)c3cccc(Oc4ccc(OC(C)(C)C)cc4)n3)c2C(N)=O)C(C)(C)C1. The Hall–Kier alpha value is -3.66. The molecular formula is C28H34N4O5S. The fraction of sp³-hybridized carbons (Fsp3) is 0.393. The number of carbonyl (C=O) groups excluding carboxylic acids is 1. The molecule has 0 spiro atoms. The van der Waals surface area contributed by atoms with E-state index in [2.05, 4.69) is 16.9 Å². The van der Waals surface area contributed by atoms with Crippen molar-refractivity contribution in [2.75, 3.05) is 11.4 Å². The summed E-state index contributed by atoms with van der Waals surface area (Å²) < 4.78 is 39.1. The Labute approximate surface area is 223 Å². The van der Waals surface area contributed by atoms with Crippen molar-refractivity contribution in [1.82, 2.24) is 9.97 Å². The van der Waals surface area contributed by atoms with Gasteiger partial charge in [0.2, 0.25) is 15.7 Å². The molecule has 1 amide bonds. The van der Waals surface area contributed by atoms with E-state index in [4.69, 9.17) is 15.2 Å². The van der Waals surface area contributed by atoms with Gasteiger partial charge in [-0.3, -0.25) is 4.79 Å². The molecular weight excluding hydrogens is 504 g/mol. The smallest absolute Gasteiger partial charge is 0.253 e. The van der Waals surface area contributed by atoms with Gasteiger partial charge in [-0.25, -0.2) is 18.4 Å². The van der Waals surface area contributed by atoms with Crippen molar-refractivity contribution in [2.24, 2.45) is 11.7 Å². The van der Waals surface area contributed by atoms with Crippen LogP contribution < -0.4 is 20.1 Å². The molecule has 1 saturated heterocycles.